The highest BCUT2D eigenvalue weighted by atomic mass is 15.3. The summed E-state index contributed by atoms with van der Waals surface area (Å²) in [4.78, 5) is 0. The van der Waals surface area contributed by atoms with Crippen molar-refractivity contribution in [2.75, 3.05) is 13.1 Å². The van der Waals surface area contributed by atoms with E-state index in [2.05, 4.69) is 35.1 Å². The number of hydrogen-bond donors (Lipinski definition) is 1. The molecule has 1 saturated heterocycles. The molecule has 1 N–H and O–H groups in total. The van der Waals surface area contributed by atoms with E-state index in [9.17, 15) is 0 Å². The number of aryl methyl sites for hydroxylation is 1. The van der Waals surface area contributed by atoms with E-state index in [4.69, 9.17) is 0 Å². The van der Waals surface area contributed by atoms with E-state index in [-0.39, 0.29) is 0 Å². The van der Waals surface area contributed by atoms with Crippen LogP contribution in [0.25, 0.3) is 0 Å². The Morgan fingerprint density at radius 1 is 1.60 bits per heavy atom. The highest BCUT2D eigenvalue weighted by Crippen LogP contribution is 2.25. The molecule has 3 nitrogen and oxygen atoms in total. The van der Waals surface area contributed by atoms with Gasteiger partial charge in [0.15, 0.2) is 0 Å². The summed E-state index contributed by atoms with van der Waals surface area (Å²) >= 11 is 0. The van der Waals surface area contributed by atoms with Crippen molar-refractivity contribution < 1.29 is 0 Å². The highest BCUT2D eigenvalue weighted by molar-refractivity contribution is 5.22. The zero-order valence-electron chi connectivity index (χ0n) is 9.79. The molecular formula is C12H21N3. The lowest BCUT2D eigenvalue weighted by Crippen LogP contribution is -2.28. The SMILES string of the molecule is CCCn1ncc(C2CCCNC2)c1C. The Morgan fingerprint density at radius 2 is 2.47 bits per heavy atom. The highest BCUT2D eigenvalue weighted by Gasteiger charge is 2.19. The molecule has 1 aromatic rings. The molecule has 0 saturated carbocycles. The van der Waals surface area contributed by atoms with Gasteiger partial charge in [0, 0.05) is 18.8 Å². The molecule has 0 aliphatic carbocycles. The van der Waals surface area contributed by atoms with Crippen molar-refractivity contribution in [1.29, 1.82) is 0 Å². The Kier molecular flexibility index (Phi) is 3.41. The minimum atomic E-state index is 0.685. The number of nitrogens with one attached hydrogen (secondary N) is 1. The fourth-order valence-corrected chi connectivity index (χ4v) is 2.42. The largest absolute Gasteiger partial charge is 0.316 e. The molecule has 2 heterocycles. The predicted molar refractivity (Wildman–Crippen MR) is 62.1 cm³/mol. The Morgan fingerprint density at radius 3 is 3.13 bits per heavy atom. The molecule has 0 spiro atoms. The van der Waals surface area contributed by atoms with E-state index in [0.29, 0.717) is 5.92 Å². The molecule has 2 rings (SSSR count). The maximum Gasteiger partial charge on any atom is 0.0527 e. The average Bonchev–Trinajstić information content (AvgIpc) is 2.63. The summed E-state index contributed by atoms with van der Waals surface area (Å²) in [5.74, 6) is 0.685. The van der Waals surface area contributed by atoms with E-state index in [1.54, 1.807) is 0 Å². The molecule has 3 heteroatoms. The summed E-state index contributed by atoms with van der Waals surface area (Å²) in [6, 6.07) is 0. The summed E-state index contributed by atoms with van der Waals surface area (Å²) in [5, 5.41) is 7.93. The zero-order chi connectivity index (χ0) is 10.7. The van der Waals surface area contributed by atoms with E-state index in [1.807, 2.05) is 0 Å². The van der Waals surface area contributed by atoms with Gasteiger partial charge < -0.3 is 5.32 Å². The third-order valence-corrected chi connectivity index (χ3v) is 3.31. The van der Waals surface area contributed by atoms with Crippen molar-refractivity contribution in [3.05, 3.63) is 17.5 Å². The van der Waals surface area contributed by atoms with Gasteiger partial charge in [0.1, 0.15) is 0 Å². The molecule has 15 heavy (non-hydrogen) atoms. The van der Waals surface area contributed by atoms with Crippen LogP contribution in [-0.2, 0) is 6.54 Å². The molecule has 1 aliphatic heterocycles. The molecule has 1 aliphatic rings. The average molecular weight is 207 g/mol. The first-order valence-corrected chi connectivity index (χ1v) is 6.06. The molecule has 0 aromatic carbocycles. The number of rotatable bonds is 3. The monoisotopic (exact) mass is 207 g/mol. The van der Waals surface area contributed by atoms with Crippen molar-refractivity contribution in [3.63, 3.8) is 0 Å². The quantitative estimate of drug-likeness (QED) is 0.822. The molecule has 84 valence electrons. The van der Waals surface area contributed by atoms with Crippen molar-refractivity contribution >= 4 is 0 Å². The first-order chi connectivity index (χ1) is 7.33. The van der Waals surface area contributed by atoms with Crippen LogP contribution in [0.5, 0.6) is 0 Å². The standard InChI is InChI=1S/C12H21N3/c1-3-7-15-10(2)12(9-14-15)11-5-4-6-13-8-11/h9,11,13H,3-8H2,1-2H3. The first kappa shape index (κ1) is 10.7. The Hall–Kier alpha value is -0.830. The Labute approximate surface area is 91.9 Å². The lowest BCUT2D eigenvalue weighted by atomic mass is 9.92. The van der Waals surface area contributed by atoms with E-state index >= 15 is 0 Å². The number of aromatic nitrogens is 2. The maximum atomic E-state index is 4.47. The molecule has 0 radical (unpaired) electrons. The van der Waals surface area contributed by atoms with E-state index in [0.717, 1.165) is 19.5 Å². The van der Waals surface area contributed by atoms with Gasteiger partial charge in [-0.05, 0) is 44.2 Å². The van der Waals surface area contributed by atoms with Crippen LogP contribution in [0.2, 0.25) is 0 Å². The predicted octanol–water partition coefficient (Wildman–Crippen LogP) is 2.07. The lowest BCUT2D eigenvalue weighted by molar-refractivity contribution is 0.459. The zero-order valence-corrected chi connectivity index (χ0v) is 9.79. The second kappa shape index (κ2) is 4.79. The smallest absolute Gasteiger partial charge is 0.0527 e. The second-order valence-electron chi connectivity index (χ2n) is 4.45. The van der Waals surface area contributed by atoms with E-state index < -0.39 is 0 Å². The molecule has 1 atom stereocenters. The Bertz CT molecular complexity index is 311. The van der Waals surface area contributed by atoms with Crippen molar-refractivity contribution in [1.82, 2.24) is 15.1 Å². The maximum absolute atomic E-state index is 4.47. The van der Waals surface area contributed by atoms with Crippen LogP contribution in [0.15, 0.2) is 6.20 Å². The topological polar surface area (TPSA) is 29.9 Å². The number of hydrogen-bond acceptors (Lipinski definition) is 2. The lowest BCUT2D eigenvalue weighted by Gasteiger charge is -2.22. The van der Waals surface area contributed by atoms with Gasteiger partial charge >= 0.3 is 0 Å². The van der Waals surface area contributed by atoms with Crippen LogP contribution in [-0.4, -0.2) is 22.9 Å². The van der Waals surface area contributed by atoms with Gasteiger partial charge in [-0.15, -0.1) is 0 Å². The first-order valence-electron chi connectivity index (χ1n) is 6.06. The van der Waals surface area contributed by atoms with Gasteiger partial charge in [0.2, 0.25) is 0 Å². The fourth-order valence-electron chi connectivity index (χ4n) is 2.42. The summed E-state index contributed by atoms with van der Waals surface area (Å²) < 4.78 is 2.14. The summed E-state index contributed by atoms with van der Waals surface area (Å²) in [6.07, 6.45) is 5.84. The van der Waals surface area contributed by atoms with Crippen LogP contribution in [0.4, 0.5) is 0 Å². The van der Waals surface area contributed by atoms with Crippen molar-refractivity contribution in [2.45, 2.75) is 45.6 Å². The van der Waals surface area contributed by atoms with Crippen LogP contribution < -0.4 is 5.32 Å². The number of piperidine rings is 1. The minimum absolute atomic E-state index is 0.685. The van der Waals surface area contributed by atoms with Crippen LogP contribution in [0.3, 0.4) is 0 Å². The fraction of sp³-hybridized carbons (Fsp3) is 0.750. The van der Waals surface area contributed by atoms with Gasteiger partial charge in [-0.1, -0.05) is 6.92 Å². The molecule has 1 fully saturated rings. The van der Waals surface area contributed by atoms with Crippen LogP contribution in [0.1, 0.15) is 43.4 Å². The second-order valence-corrected chi connectivity index (χ2v) is 4.45. The molecule has 0 bridgehead atoms. The molecule has 0 amide bonds. The van der Waals surface area contributed by atoms with Gasteiger partial charge in [0.05, 0.1) is 6.20 Å². The molecule has 1 aromatic heterocycles. The third kappa shape index (κ3) is 2.23. The normalized spacial score (nSPS) is 21.9. The van der Waals surface area contributed by atoms with Crippen molar-refractivity contribution in [2.24, 2.45) is 0 Å². The van der Waals surface area contributed by atoms with Crippen LogP contribution >= 0.6 is 0 Å². The summed E-state index contributed by atoms with van der Waals surface area (Å²) in [5.41, 5.74) is 2.82. The van der Waals surface area contributed by atoms with Gasteiger partial charge in [-0.3, -0.25) is 4.68 Å². The third-order valence-electron chi connectivity index (χ3n) is 3.31. The van der Waals surface area contributed by atoms with Gasteiger partial charge in [-0.2, -0.15) is 5.10 Å². The summed E-state index contributed by atoms with van der Waals surface area (Å²) in [7, 11) is 0. The van der Waals surface area contributed by atoms with E-state index in [1.165, 1.54) is 30.6 Å². The van der Waals surface area contributed by atoms with Crippen molar-refractivity contribution in [3.8, 4) is 0 Å². The van der Waals surface area contributed by atoms with Crippen LogP contribution in [0, 0.1) is 6.92 Å². The van der Waals surface area contributed by atoms with Gasteiger partial charge in [-0.25, -0.2) is 0 Å². The minimum Gasteiger partial charge on any atom is -0.316 e. The van der Waals surface area contributed by atoms with Gasteiger partial charge in [0.25, 0.3) is 0 Å². The molecule has 1 unspecified atom stereocenters. The summed E-state index contributed by atoms with van der Waals surface area (Å²) in [6.45, 7) is 7.75. The molecular weight excluding hydrogens is 186 g/mol. The number of nitrogens with zero attached hydrogens (tertiary/aromatic N) is 2. The Balaban J connectivity index is 2.13.